The summed E-state index contributed by atoms with van der Waals surface area (Å²) in [7, 11) is -3.39. The highest BCUT2D eigenvalue weighted by Gasteiger charge is 2.26. The average Bonchev–Trinajstić information content (AvgIpc) is 3.14. The van der Waals surface area contributed by atoms with Crippen LogP contribution in [0.4, 0.5) is 5.95 Å². The lowest BCUT2D eigenvalue weighted by Crippen LogP contribution is -2.27. The van der Waals surface area contributed by atoms with Gasteiger partial charge in [0, 0.05) is 24.5 Å². The van der Waals surface area contributed by atoms with E-state index in [1.165, 1.54) is 0 Å². The topological polar surface area (TPSA) is 87.5 Å². The maximum Gasteiger partial charge on any atom is 0.243 e. The van der Waals surface area contributed by atoms with Crippen molar-refractivity contribution in [1.82, 2.24) is 14.3 Å². The molecule has 1 N–H and O–H groups in total. The van der Waals surface area contributed by atoms with Crippen molar-refractivity contribution in [2.75, 3.05) is 18.5 Å². The second-order valence-electron chi connectivity index (χ2n) is 6.42. The predicted molar refractivity (Wildman–Crippen MR) is 102 cm³/mol. The molecular weight excluding hydrogens is 350 g/mol. The summed E-state index contributed by atoms with van der Waals surface area (Å²) >= 11 is 0. The highest BCUT2D eigenvalue weighted by atomic mass is 32.2. The number of aromatic nitrogens is 2. The SMILES string of the molecule is CC(=NNc1nc(C)cc(C)n1)c1ccc(S(=O)(=O)N2CCCC2)cc1. The van der Waals surface area contributed by atoms with Crippen LogP contribution in [0.3, 0.4) is 0 Å². The summed E-state index contributed by atoms with van der Waals surface area (Å²) in [4.78, 5) is 8.87. The van der Waals surface area contributed by atoms with Gasteiger partial charge in [-0.05, 0) is 57.4 Å². The van der Waals surface area contributed by atoms with Crippen LogP contribution in [0.2, 0.25) is 0 Å². The molecule has 1 aliphatic heterocycles. The average molecular weight is 373 g/mol. The van der Waals surface area contributed by atoms with Crippen LogP contribution in [0.5, 0.6) is 0 Å². The van der Waals surface area contributed by atoms with Crippen LogP contribution in [0.15, 0.2) is 40.3 Å². The van der Waals surface area contributed by atoms with Crippen LogP contribution < -0.4 is 5.43 Å². The molecule has 1 aliphatic rings. The van der Waals surface area contributed by atoms with Gasteiger partial charge in [-0.25, -0.2) is 23.8 Å². The molecule has 1 aromatic heterocycles. The van der Waals surface area contributed by atoms with Crippen molar-refractivity contribution in [3.8, 4) is 0 Å². The molecule has 138 valence electrons. The van der Waals surface area contributed by atoms with Gasteiger partial charge in [0.05, 0.1) is 10.6 Å². The van der Waals surface area contributed by atoms with Crippen molar-refractivity contribution in [3.63, 3.8) is 0 Å². The molecule has 2 aromatic rings. The third-order valence-electron chi connectivity index (χ3n) is 4.28. The van der Waals surface area contributed by atoms with Gasteiger partial charge in [0.15, 0.2) is 0 Å². The van der Waals surface area contributed by atoms with E-state index < -0.39 is 10.0 Å². The summed E-state index contributed by atoms with van der Waals surface area (Å²) in [5.74, 6) is 0.440. The first-order chi connectivity index (χ1) is 12.4. The molecule has 0 spiro atoms. The lowest BCUT2D eigenvalue weighted by Gasteiger charge is -2.15. The molecule has 0 bridgehead atoms. The summed E-state index contributed by atoms with van der Waals surface area (Å²) in [6.07, 6.45) is 1.85. The molecule has 7 nitrogen and oxygen atoms in total. The van der Waals surface area contributed by atoms with E-state index in [0.29, 0.717) is 23.9 Å². The van der Waals surface area contributed by atoms with E-state index in [9.17, 15) is 8.42 Å². The normalized spacial score (nSPS) is 16.0. The molecule has 1 aromatic carbocycles. The number of hydrogen-bond donors (Lipinski definition) is 1. The van der Waals surface area contributed by atoms with Crippen LogP contribution in [0.25, 0.3) is 0 Å². The Morgan fingerprint density at radius 1 is 1.08 bits per heavy atom. The second kappa shape index (κ2) is 7.51. The van der Waals surface area contributed by atoms with Gasteiger partial charge in [-0.15, -0.1) is 0 Å². The molecule has 0 saturated carbocycles. The summed E-state index contributed by atoms with van der Waals surface area (Å²) in [5.41, 5.74) is 6.14. The number of hydrogen-bond acceptors (Lipinski definition) is 6. The molecule has 0 atom stereocenters. The first kappa shape index (κ1) is 18.5. The van der Waals surface area contributed by atoms with Gasteiger partial charge < -0.3 is 0 Å². The quantitative estimate of drug-likeness (QED) is 0.643. The molecule has 8 heteroatoms. The third kappa shape index (κ3) is 4.08. The summed E-state index contributed by atoms with van der Waals surface area (Å²) in [6, 6.07) is 8.70. The zero-order valence-electron chi connectivity index (χ0n) is 15.2. The van der Waals surface area contributed by atoms with E-state index in [2.05, 4.69) is 20.5 Å². The van der Waals surface area contributed by atoms with E-state index in [0.717, 1.165) is 35.5 Å². The largest absolute Gasteiger partial charge is 0.245 e. The number of nitrogens with zero attached hydrogens (tertiary/aromatic N) is 4. The minimum Gasteiger partial charge on any atom is -0.245 e. The highest BCUT2D eigenvalue weighted by Crippen LogP contribution is 2.21. The molecule has 1 fully saturated rings. The Hall–Kier alpha value is -2.32. The first-order valence-corrected chi connectivity index (χ1v) is 10.0. The fraction of sp³-hybridized carbons (Fsp3) is 0.389. The van der Waals surface area contributed by atoms with E-state index in [4.69, 9.17) is 0 Å². The van der Waals surface area contributed by atoms with Gasteiger partial charge in [-0.3, -0.25) is 0 Å². The third-order valence-corrected chi connectivity index (χ3v) is 6.19. The highest BCUT2D eigenvalue weighted by molar-refractivity contribution is 7.89. The molecule has 2 heterocycles. The molecule has 0 amide bonds. The number of rotatable bonds is 5. The molecule has 26 heavy (non-hydrogen) atoms. The van der Waals surface area contributed by atoms with Crippen LogP contribution in [0, 0.1) is 13.8 Å². The Kier molecular flexibility index (Phi) is 5.33. The lowest BCUT2D eigenvalue weighted by atomic mass is 10.1. The van der Waals surface area contributed by atoms with Crippen molar-refractivity contribution in [2.24, 2.45) is 5.10 Å². The fourth-order valence-electron chi connectivity index (χ4n) is 2.92. The van der Waals surface area contributed by atoms with Crippen LogP contribution in [-0.4, -0.2) is 41.5 Å². The maximum absolute atomic E-state index is 12.6. The van der Waals surface area contributed by atoms with Gasteiger partial charge in [-0.1, -0.05) is 12.1 Å². The Bertz CT molecular complexity index is 897. The van der Waals surface area contributed by atoms with Gasteiger partial charge in [0.1, 0.15) is 0 Å². The number of anilines is 1. The van der Waals surface area contributed by atoms with Crippen LogP contribution in [-0.2, 0) is 10.0 Å². The van der Waals surface area contributed by atoms with Crippen molar-refractivity contribution >= 4 is 21.7 Å². The Morgan fingerprint density at radius 3 is 2.23 bits per heavy atom. The monoisotopic (exact) mass is 373 g/mol. The Morgan fingerprint density at radius 2 is 1.65 bits per heavy atom. The molecule has 3 rings (SSSR count). The fourth-order valence-corrected chi connectivity index (χ4v) is 4.44. The summed E-state index contributed by atoms with van der Waals surface area (Å²) in [6.45, 7) is 6.85. The molecule has 0 unspecified atom stereocenters. The van der Waals surface area contributed by atoms with Gasteiger partial charge in [0.2, 0.25) is 16.0 Å². The Labute approximate surface area is 154 Å². The number of sulfonamides is 1. The predicted octanol–water partition coefficient (Wildman–Crippen LogP) is 2.71. The molecule has 0 radical (unpaired) electrons. The first-order valence-electron chi connectivity index (χ1n) is 8.59. The number of benzene rings is 1. The number of hydrazone groups is 1. The van der Waals surface area contributed by atoms with Crippen molar-refractivity contribution in [1.29, 1.82) is 0 Å². The van der Waals surface area contributed by atoms with Gasteiger partial charge in [0.25, 0.3) is 0 Å². The summed E-state index contributed by atoms with van der Waals surface area (Å²) < 4.78 is 26.7. The van der Waals surface area contributed by atoms with E-state index in [-0.39, 0.29) is 0 Å². The zero-order chi connectivity index (χ0) is 18.7. The van der Waals surface area contributed by atoms with Crippen LogP contribution in [0.1, 0.15) is 36.7 Å². The standard InChI is InChI=1S/C18H23N5O2S/c1-13-12-14(2)20-18(19-13)22-21-15(3)16-6-8-17(9-7-16)26(24,25)23-10-4-5-11-23/h6-9,12H,4-5,10-11H2,1-3H3,(H,19,20,22). The van der Waals surface area contributed by atoms with Crippen molar-refractivity contribution in [2.45, 2.75) is 38.5 Å². The Balaban J connectivity index is 1.75. The van der Waals surface area contributed by atoms with Crippen molar-refractivity contribution < 1.29 is 8.42 Å². The molecule has 0 aliphatic carbocycles. The van der Waals surface area contributed by atoms with Crippen LogP contribution >= 0.6 is 0 Å². The van der Waals surface area contributed by atoms with E-state index in [1.807, 2.05) is 26.8 Å². The minimum atomic E-state index is -3.39. The molecule has 1 saturated heterocycles. The van der Waals surface area contributed by atoms with Crippen molar-refractivity contribution in [3.05, 3.63) is 47.3 Å². The second-order valence-corrected chi connectivity index (χ2v) is 8.36. The lowest BCUT2D eigenvalue weighted by molar-refractivity contribution is 0.477. The smallest absolute Gasteiger partial charge is 0.243 e. The van der Waals surface area contributed by atoms with Gasteiger partial charge in [-0.2, -0.15) is 9.41 Å². The summed E-state index contributed by atoms with van der Waals surface area (Å²) in [5, 5.41) is 4.30. The van der Waals surface area contributed by atoms with E-state index >= 15 is 0 Å². The minimum absolute atomic E-state index is 0.321. The van der Waals surface area contributed by atoms with Gasteiger partial charge >= 0.3 is 0 Å². The number of nitrogens with one attached hydrogen (secondary N) is 1. The maximum atomic E-state index is 12.6. The zero-order valence-corrected chi connectivity index (χ0v) is 16.0. The van der Waals surface area contributed by atoms with E-state index in [1.54, 1.807) is 28.6 Å². The number of aryl methyl sites for hydroxylation is 2. The molecular formula is C18H23N5O2S.